The van der Waals surface area contributed by atoms with E-state index in [9.17, 15) is 9.59 Å². The van der Waals surface area contributed by atoms with Crippen molar-refractivity contribution in [1.29, 1.82) is 0 Å². The lowest BCUT2D eigenvalue weighted by Gasteiger charge is -2.06. The zero-order valence-electron chi connectivity index (χ0n) is 11.5. The van der Waals surface area contributed by atoms with Gasteiger partial charge in [-0.05, 0) is 36.3 Å². The highest BCUT2D eigenvalue weighted by molar-refractivity contribution is 5.94. The number of nitrogens with zero attached hydrogens (tertiary/aromatic N) is 1. The van der Waals surface area contributed by atoms with Crippen LogP contribution in [0.3, 0.4) is 0 Å². The molecule has 1 heterocycles. The number of carbonyl (C=O) groups excluding carboxylic acids is 1. The van der Waals surface area contributed by atoms with Gasteiger partial charge in [-0.3, -0.25) is 4.79 Å². The number of carbonyl (C=O) groups is 2. The first-order valence-corrected chi connectivity index (χ1v) is 6.34. The highest BCUT2D eigenvalue weighted by atomic mass is 16.4. The average Bonchev–Trinajstić information content (AvgIpc) is 2.96. The minimum Gasteiger partial charge on any atom is -0.478 e. The number of imidazole rings is 1. The number of carboxylic acid groups (broad SMARTS) is 1. The molecule has 0 saturated heterocycles. The number of nitrogens with one attached hydrogen (secondary N) is 2. The third-order valence-corrected chi connectivity index (χ3v) is 2.91. The van der Waals surface area contributed by atoms with Crippen LogP contribution in [0.25, 0.3) is 6.08 Å². The monoisotopic (exact) mass is 285 g/mol. The molecule has 0 bridgehead atoms. The first-order valence-electron chi connectivity index (χ1n) is 6.34. The highest BCUT2D eigenvalue weighted by Crippen LogP contribution is 2.13. The molecule has 0 unspecified atom stereocenters. The molecule has 1 amide bonds. The molecule has 0 atom stereocenters. The maximum atomic E-state index is 12.0. The quantitative estimate of drug-likeness (QED) is 0.729. The number of aliphatic carboxylic acids is 1. The van der Waals surface area contributed by atoms with Gasteiger partial charge < -0.3 is 15.4 Å². The SMILES string of the molecule is Cc1cc(C(=O)NCc2ncc[nH]2)ccc1/C=C/C(=O)O. The Hall–Kier alpha value is -2.89. The Morgan fingerprint density at radius 3 is 2.86 bits per heavy atom. The van der Waals surface area contributed by atoms with Crippen molar-refractivity contribution in [3.8, 4) is 0 Å². The van der Waals surface area contributed by atoms with E-state index in [1.165, 1.54) is 6.08 Å². The molecule has 0 aliphatic rings. The van der Waals surface area contributed by atoms with Gasteiger partial charge in [0.25, 0.3) is 5.91 Å². The average molecular weight is 285 g/mol. The fraction of sp³-hybridized carbons (Fsp3) is 0.133. The van der Waals surface area contributed by atoms with Crippen molar-refractivity contribution in [3.05, 3.63) is 59.2 Å². The number of aromatic amines is 1. The van der Waals surface area contributed by atoms with Gasteiger partial charge in [0.05, 0.1) is 6.54 Å². The summed E-state index contributed by atoms with van der Waals surface area (Å²) in [5, 5.41) is 11.4. The topological polar surface area (TPSA) is 95.1 Å². The summed E-state index contributed by atoms with van der Waals surface area (Å²) in [6.45, 7) is 2.15. The van der Waals surface area contributed by atoms with E-state index in [1.54, 1.807) is 30.6 Å². The van der Waals surface area contributed by atoms with Crippen LogP contribution in [-0.4, -0.2) is 27.0 Å². The minimum atomic E-state index is -1.00. The van der Waals surface area contributed by atoms with Crippen LogP contribution < -0.4 is 5.32 Å². The minimum absolute atomic E-state index is 0.205. The summed E-state index contributed by atoms with van der Waals surface area (Å²) in [5.74, 6) is -0.529. The summed E-state index contributed by atoms with van der Waals surface area (Å²) in [6.07, 6.45) is 5.88. The molecule has 108 valence electrons. The van der Waals surface area contributed by atoms with Crippen LogP contribution in [0.1, 0.15) is 27.3 Å². The Morgan fingerprint density at radius 2 is 2.24 bits per heavy atom. The summed E-state index contributed by atoms with van der Waals surface area (Å²) < 4.78 is 0. The fourth-order valence-corrected chi connectivity index (χ4v) is 1.83. The van der Waals surface area contributed by atoms with E-state index in [2.05, 4.69) is 15.3 Å². The number of carboxylic acids is 1. The summed E-state index contributed by atoms with van der Waals surface area (Å²) in [5.41, 5.74) is 2.12. The van der Waals surface area contributed by atoms with E-state index < -0.39 is 5.97 Å². The van der Waals surface area contributed by atoms with Crippen molar-refractivity contribution < 1.29 is 14.7 Å². The standard InChI is InChI=1S/C15H15N3O3/c1-10-8-12(3-2-11(10)4-5-14(19)20)15(21)18-9-13-16-6-7-17-13/h2-8H,9H2,1H3,(H,16,17)(H,18,21)(H,19,20)/b5-4+. The molecule has 6 heteroatoms. The van der Waals surface area contributed by atoms with Crippen LogP contribution in [-0.2, 0) is 11.3 Å². The lowest BCUT2D eigenvalue weighted by molar-refractivity contribution is -0.131. The van der Waals surface area contributed by atoms with E-state index in [0.717, 1.165) is 17.2 Å². The summed E-state index contributed by atoms with van der Waals surface area (Å²) in [6, 6.07) is 5.10. The van der Waals surface area contributed by atoms with E-state index >= 15 is 0 Å². The van der Waals surface area contributed by atoms with E-state index in [1.807, 2.05) is 6.92 Å². The number of benzene rings is 1. The van der Waals surface area contributed by atoms with Crippen molar-refractivity contribution in [2.24, 2.45) is 0 Å². The van der Waals surface area contributed by atoms with Crippen molar-refractivity contribution in [1.82, 2.24) is 15.3 Å². The van der Waals surface area contributed by atoms with Gasteiger partial charge in [0.15, 0.2) is 0 Å². The van der Waals surface area contributed by atoms with Crippen LogP contribution >= 0.6 is 0 Å². The molecule has 0 aliphatic carbocycles. The Morgan fingerprint density at radius 1 is 1.43 bits per heavy atom. The lowest BCUT2D eigenvalue weighted by atomic mass is 10.0. The van der Waals surface area contributed by atoms with Gasteiger partial charge in [-0.2, -0.15) is 0 Å². The molecule has 0 aliphatic heterocycles. The molecule has 0 fully saturated rings. The number of H-pyrrole nitrogens is 1. The molecule has 1 aromatic heterocycles. The molecular weight excluding hydrogens is 270 g/mol. The van der Waals surface area contributed by atoms with Crippen LogP contribution in [0.2, 0.25) is 0 Å². The summed E-state index contributed by atoms with van der Waals surface area (Å²) >= 11 is 0. The Kier molecular flexibility index (Phi) is 4.50. The first kappa shape index (κ1) is 14.5. The second-order valence-corrected chi connectivity index (χ2v) is 4.46. The molecular formula is C15H15N3O3. The first-order chi connectivity index (χ1) is 10.1. The molecule has 2 rings (SSSR count). The molecule has 0 spiro atoms. The van der Waals surface area contributed by atoms with Gasteiger partial charge in [-0.15, -0.1) is 0 Å². The zero-order valence-corrected chi connectivity index (χ0v) is 11.5. The molecule has 3 N–H and O–H groups in total. The van der Waals surface area contributed by atoms with Gasteiger partial charge in [0.2, 0.25) is 0 Å². The maximum Gasteiger partial charge on any atom is 0.328 e. The summed E-state index contributed by atoms with van der Waals surface area (Å²) in [4.78, 5) is 29.4. The third-order valence-electron chi connectivity index (χ3n) is 2.91. The van der Waals surface area contributed by atoms with Crippen molar-refractivity contribution in [2.75, 3.05) is 0 Å². The van der Waals surface area contributed by atoms with Crippen LogP contribution in [0.5, 0.6) is 0 Å². The number of hydrogen-bond donors (Lipinski definition) is 3. The Bertz CT molecular complexity index is 675. The lowest BCUT2D eigenvalue weighted by Crippen LogP contribution is -2.23. The number of hydrogen-bond acceptors (Lipinski definition) is 3. The van der Waals surface area contributed by atoms with Crippen LogP contribution in [0.4, 0.5) is 0 Å². The van der Waals surface area contributed by atoms with E-state index in [4.69, 9.17) is 5.11 Å². The largest absolute Gasteiger partial charge is 0.478 e. The molecule has 1 aromatic carbocycles. The number of aromatic nitrogens is 2. The smallest absolute Gasteiger partial charge is 0.328 e. The summed E-state index contributed by atoms with van der Waals surface area (Å²) in [7, 11) is 0. The van der Waals surface area contributed by atoms with Crippen molar-refractivity contribution in [3.63, 3.8) is 0 Å². The van der Waals surface area contributed by atoms with E-state index in [0.29, 0.717) is 17.9 Å². The molecule has 0 saturated carbocycles. The van der Waals surface area contributed by atoms with E-state index in [-0.39, 0.29) is 5.91 Å². The van der Waals surface area contributed by atoms with Crippen LogP contribution in [0.15, 0.2) is 36.7 Å². The molecule has 6 nitrogen and oxygen atoms in total. The maximum absolute atomic E-state index is 12.0. The van der Waals surface area contributed by atoms with Gasteiger partial charge in [-0.1, -0.05) is 6.07 Å². The van der Waals surface area contributed by atoms with Gasteiger partial charge in [0.1, 0.15) is 5.82 Å². The number of rotatable bonds is 5. The number of amides is 1. The zero-order chi connectivity index (χ0) is 15.2. The third kappa shape index (κ3) is 4.04. The molecule has 21 heavy (non-hydrogen) atoms. The second kappa shape index (κ2) is 6.51. The Labute approximate surface area is 121 Å². The predicted octanol–water partition coefficient (Wildman–Crippen LogP) is 1.75. The predicted molar refractivity (Wildman–Crippen MR) is 77.6 cm³/mol. The molecule has 2 aromatic rings. The van der Waals surface area contributed by atoms with Crippen molar-refractivity contribution >= 4 is 18.0 Å². The second-order valence-electron chi connectivity index (χ2n) is 4.46. The highest BCUT2D eigenvalue weighted by Gasteiger charge is 2.07. The normalized spacial score (nSPS) is 10.7. The fourth-order valence-electron chi connectivity index (χ4n) is 1.83. The number of aryl methyl sites for hydroxylation is 1. The Balaban J connectivity index is 2.05. The van der Waals surface area contributed by atoms with Gasteiger partial charge in [-0.25, -0.2) is 9.78 Å². The van der Waals surface area contributed by atoms with Crippen LogP contribution in [0, 0.1) is 6.92 Å². The molecule has 0 radical (unpaired) electrons. The van der Waals surface area contributed by atoms with Crippen molar-refractivity contribution in [2.45, 2.75) is 13.5 Å². The van der Waals surface area contributed by atoms with Gasteiger partial charge >= 0.3 is 5.97 Å². The van der Waals surface area contributed by atoms with Gasteiger partial charge in [0, 0.05) is 24.0 Å².